The number of benzene rings is 1. The van der Waals surface area contributed by atoms with Crippen molar-refractivity contribution in [2.24, 2.45) is 5.73 Å². The van der Waals surface area contributed by atoms with Crippen LogP contribution in [0.25, 0.3) is 0 Å². The number of rotatable bonds is 8. The Morgan fingerprint density at radius 3 is 2.70 bits per heavy atom. The number of carboxylic acids is 1. The molecule has 0 saturated carbocycles. The number of aliphatic carboxylic acids is 1. The van der Waals surface area contributed by atoms with Gasteiger partial charge in [-0.2, -0.15) is 0 Å². The first kappa shape index (κ1) is 16.5. The second-order valence-corrected chi connectivity index (χ2v) is 6.42. The van der Waals surface area contributed by atoms with Gasteiger partial charge >= 0.3 is 123 Å². The van der Waals surface area contributed by atoms with E-state index in [2.05, 4.69) is 5.32 Å². The van der Waals surface area contributed by atoms with Crippen molar-refractivity contribution in [1.29, 1.82) is 0 Å². The molecule has 1 rings (SSSR count). The van der Waals surface area contributed by atoms with E-state index in [1.54, 1.807) is 0 Å². The predicted octanol–water partition coefficient (Wildman–Crippen LogP) is 0.865. The molecule has 6 nitrogen and oxygen atoms in total. The summed E-state index contributed by atoms with van der Waals surface area (Å²) in [5.74, 6) is -0.984. The number of amides is 1. The summed E-state index contributed by atoms with van der Waals surface area (Å²) in [6.07, 6.45) is -0.466. The minimum atomic E-state index is -0.984. The molecule has 1 aromatic rings. The SMILES string of the molecule is N[C@@H](C[Se]CCNC(=O)OCc1ccccc1)C(=O)O. The predicted molar refractivity (Wildman–Crippen MR) is 75.6 cm³/mol. The zero-order valence-corrected chi connectivity index (χ0v) is 12.7. The monoisotopic (exact) mass is 346 g/mol. The van der Waals surface area contributed by atoms with Gasteiger partial charge in [-0.3, -0.25) is 0 Å². The van der Waals surface area contributed by atoms with Crippen molar-refractivity contribution in [3.63, 3.8) is 0 Å². The minimum absolute atomic E-state index is 0.102. The zero-order valence-electron chi connectivity index (χ0n) is 11.0. The molecule has 1 atom stereocenters. The standard InChI is InChI=1S/C13H18N2O4Se/c14-11(12(16)17)9-20-7-6-15-13(18)19-8-10-4-2-1-3-5-10/h1-5,11H,6-9,14H2,(H,15,18)(H,16,17)/t11-/m0/s1. The number of nitrogens with one attached hydrogen (secondary N) is 1. The van der Waals surface area contributed by atoms with Crippen LogP contribution in [0.3, 0.4) is 0 Å². The second-order valence-electron chi connectivity index (χ2n) is 4.01. The summed E-state index contributed by atoms with van der Waals surface area (Å²) in [7, 11) is 0. The quantitative estimate of drug-likeness (QED) is 0.479. The zero-order chi connectivity index (χ0) is 14.8. The topological polar surface area (TPSA) is 102 Å². The summed E-state index contributed by atoms with van der Waals surface area (Å²) in [5.41, 5.74) is 6.30. The Bertz CT molecular complexity index is 428. The number of alkyl carbamates (subject to hydrolysis) is 1. The molecule has 0 bridgehead atoms. The van der Waals surface area contributed by atoms with Crippen LogP contribution in [0.4, 0.5) is 4.79 Å². The van der Waals surface area contributed by atoms with E-state index in [4.69, 9.17) is 15.6 Å². The molecule has 1 aromatic carbocycles. The van der Waals surface area contributed by atoms with Crippen LogP contribution in [-0.4, -0.2) is 44.7 Å². The number of carboxylic acid groups (broad SMARTS) is 1. The third-order valence-electron chi connectivity index (χ3n) is 2.34. The van der Waals surface area contributed by atoms with Crippen molar-refractivity contribution in [3.8, 4) is 0 Å². The van der Waals surface area contributed by atoms with Crippen LogP contribution in [0.15, 0.2) is 30.3 Å². The van der Waals surface area contributed by atoms with Crippen molar-refractivity contribution in [1.82, 2.24) is 5.32 Å². The molecule has 0 aliphatic carbocycles. The van der Waals surface area contributed by atoms with Crippen molar-refractivity contribution in [3.05, 3.63) is 35.9 Å². The number of hydrogen-bond acceptors (Lipinski definition) is 4. The molecule has 4 N–H and O–H groups in total. The van der Waals surface area contributed by atoms with E-state index in [1.807, 2.05) is 30.3 Å². The number of carbonyl (C=O) groups excluding carboxylic acids is 1. The fourth-order valence-corrected chi connectivity index (χ4v) is 2.98. The van der Waals surface area contributed by atoms with Gasteiger partial charge in [-0.1, -0.05) is 0 Å². The molecule has 0 aliphatic rings. The van der Waals surface area contributed by atoms with Gasteiger partial charge in [-0.15, -0.1) is 0 Å². The number of carbonyl (C=O) groups is 2. The molecule has 7 heteroatoms. The molecule has 0 aliphatic heterocycles. The summed E-state index contributed by atoms with van der Waals surface area (Å²) in [5, 5.41) is 12.4. The molecular weight excluding hydrogens is 327 g/mol. The summed E-state index contributed by atoms with van der Waals surface area (Å²) >= 11 is 0.102. The Balaban J connectivity index is 2.05. The second kappa shape index (κ2) is 9.36. The van der Waals surface area contributed by atoms with Crippen molar-refractivity contribution < 1.29 is 19.4 Å². The normalized spacial score (nSPS) is 11.7. The Morgan fingerprint density at radius 1 is 1.35 bits per heavy atom. The van der Waals surface area contributed by atoms with E-state index in [0.29, 0.717) is 11.9 Å². The fourth-order valence-electron chi connectivity index (χ4n) is 1.28. The molecule has 0 saturated heterocycles. The molecule has 0 heterocycles. The van der Waals surface area contributed by atoms with Gasteiger partial charge in [0.25, 0.3) is 0 Å². The Hall–Kier alpha value is -1.56. The fraction of sp³-hybridized carbons (Fsp3) is 0.385. The molecule has 0 spiro atoms. The number of nitrogens with two attached hydrogens (primary N) is 1. The first-order chi connectivity index (χ1) is 9.59. The average molecular weight is 345 g/mol. The van der Waals surface area contributed by atoms with Gasteiger partial charge in [-0.05, 0) is 0 Å². The van der Waals surface area contributed by atoms with Crippen molar-refractivity contribution in [2.75, 3.05) is 6.54 Å². The maximum absolute atomic E-state index is 11.4. The number of ether oxygens (including phenoxy) is 1. The molecule has 20 heavy (non-hydrogen) atoms. The Labute approximate surface area is 123 Å². The molecular formula is C13H18N2O4Se. The maximum atomic E-state index is 11.4. The van der Waals surface area contributed by atoms with Crippen LogP contribution in [0, 0.1) is 0 Å². The molecule has 0 fully saturated rings. The summed E-state index contributed by atoms with van der Waals surface area (Å²) in [6.45, 7) is 0.710. The van der Waals surface area contributed by atoms with Gasteiger partial charge in [-0.25, -0.2) is 0 Å². The Morgan fingerprint density at radius 2 is 2.05 bits per heavy atom. The van der Waals surface area contributed by atoms with Gasteiger partial charge in [0, 0.05) is 0 Å². The van der Waals surface area contributed by atoms with E-state index in [9.17, 15) is 9.59 Å². The van der Waals surface area contributed by atoms with E-state index >= 15 is 0 Å². The third-order valence-corrected chi connectivity index (χ3v) is 4.63. The van der Waals surface area contributed by atoms with Crippen LogP contribution >= 0.6 is 0 Å². The van der Waals surface area contributed by atoms with Gasteiger partial charge < -0.3 is 0 Å². The van der Waals surface area contributed by atoms with Crippen LogP contribution in [0.5, 0.6) is 0 Å². The number of hydrogen-bond donors (Lipinski definition) is 3. The molecule has 110 valence electrons. The summed E-state index contributed by atoms with van der Waals surface area (Å²) < 4.78 is 5.03. The Kier molecular flexibility index (Phi) is 7.72. The molecule has 0 aromatic heterocycles. The molecule has 0 radical (unpaired) electrons. The van der Waals surface area contributed by atoms with E-state index in [0.717, 1.165) is 10.9 Å². The van der Waals surface area contributed by atoms with E-state index in [-0.39, 0.29) is 21.6 Å². The van der Waals surface area contributed by atoms with Gasteiger partial charge in [0.2, 0.25) is 0 Å². The van der Waals surface area contributed by atoms with Crippen LogP contribution in [-0.2, 0) is 16.1 Å². The molecule has 1 amide bonds. The van der Waals surface area contributed by atoms with Crippen molar-refractivity contribution in [2.45, 2.75) is 23.3 Å². The van der Waals surface area contributed by atoms with Gasteiger partial charge in [0.1, 0.15) is 0 Å². The molecule has 0 unspecified atom stereocenters. The van der Waals surface area contributed by atoms with Crippen LogP contribution < -0.4 is 11.1 Å². The van der Waals surface area contributed by atoms with E-state index in [1.165, 1.54) is 0 Å². The van der Waals surface area contributed by atoms with Crippen molar-refractivity contribution >= 4 is 27.0 Å². The first-order valence-electron chi connectivity index (χ1n) is 6.10. The van der Waals surface area contributed by atoms with Gasteiger partial charge in [0.05, 0.1) is 0 Å². The summed E-state index contributed by atoms with van der Waals surface area (Å²) in [4.78, 5) is 21.9. The summed E-state index contributed by atoms with van der Waals surface area (Å²) in [6, 6.07) is 8.61. The third kappa shape index (κ3) is 7.13. The van der Waals surface area contributed by atoms with Crippen LogP contribution in [0.2, 0.25) is 10.6 Å². The van der Waals surface area contributed by atoms with Crippen LogP contribution in [0.1, 0.15) is 5.56 Å². The van der Waals surface area contributed by atoms with Gasteiger partial charge in [0.15, 0.2) is 0 Å². The van der Waals surface area contributed by atoms with E-state index < -0.39 is 18.1 Å². The average Bonchev–Trinajstić information content (AvgIpc) is 2.45. The first-order valence-corrected chi connectivity index (χ1v) is 8.52.